The van der Waals surface area contributed by atoms with Crippen LogP contribution in [0.3, 0.4) is 0 Å². The molecule has 148 valence electrons. The number of rotatable bonds is 2. The number of para-hydroxylation sites is 2. The Morgan fingerprint density at radius 2 is 1.73 bits per heavy atom. The van der Waals surface area contributed by atoms with Gasteiger partial charge in [-0.05, 0) is 24.4 Å². The zero-order chi connectivity index (χ0) is 21.0. The fourth-order valence-corrected chi connectivity index (χ4v) is 4.10. The minimum atomic E-state index is -1.03. The molecule has 0 spiro atoms. The summed E-state index contributed by atoms with van der Waals surface area (Å²) >= 11 is 5.09. The van der Waals surface area contributed by atoms with Crippen LogP contribution in [0, 0.1) is 14.9 Å². The van der Waals surface area contributed by atoms with E-state index in [0.717, 1.165) is 0 Å². The zero-order valence-corrected chi connectivity index (χ0v) is 15.9. The number of H-pyrrole nitrogens is 2. The van der Waals surface area contributed by atoms with E-state index >= 15 is 0 Å². The fraction of sp³-hybridized carbons (Fsp3) is 0.0500. The Hall–Kier alpha value is -4.05. The number of fused-ring (bicyclic) bond motifs is 4. The second-order valence-electron chi connectivity index (χ2n) is 6.75. The molecule has 10 heteroatoms. The number of hydrogen-bond donors (Lipinski definition) is 3. The van der Waals surface area contributed by atoms with Gasteiger partial charge in [-0.15, -0.1) is 0 Å². The maximum Gasteiger partial charge on any atom is 0.342 e. The van der Waals surface area contributed by atoms with Gasteiger partial charge in [-0.25, -0.2) is 4.79 Å². The number of anilines is 2. The van der Waals surface area contributed by atoms with Crippen molar-refractivity contribution < 1.29 is 9.34 Å². The lowest BCUT2D eigenvalue weighted by atomic mass is 9.82. The Bertz CT molecular complexity index is 1530. The molecule has 2 aromatic heterocycles. The third-order valence-corrected chi connectivity index (χ3v) is 5.30. The van der Waals surface area contributed by atoms with Crippen LogP contribution < -0.4 is 16.5 Å². The molecule has 0 amide bonds. The number of nitrogens with one attached hydrogen (secondary N) is 3. The van der Waals surface area contributed by atoms with Gasteiger partial charge in [0.1, 0.15) is 11.4 Å². The zero-order valence-electron chi connectivity index (χ0n) is 15.1. The Morgan fingerprint density at radius 1 is 1.00 bits per heavy atom. The van der Waals surface area contributed by atoms with E-state index in [1.165, 1.54) is 18.2 Å². The van der Waals surface area contributed by atoms with Crippen molar-refractivity contribution in [1.29, 1.82) is 0 Å². The lowest BCUT2D eigenvalue weighted by molar-refractivity contribution is -0.385. The van der Waals surface area contributed by atoms with Crippen LogP contribution in [0.2, 0.25) is 0 Å². The Morgan fingerprint density at radius 3 is 2.53 bits per heavy atom. The molecule has 0 radical (unpaired) electrons. The third kappa shape index (κ3) is 2.58. The molecule has 1 unspecified atom stereocenters. The molecular weight excluding hydrogens is 408 g/mol. The Labute approximate surface area is 172 Å². The molecule has 3 heterocycles. The summed E-state index contributed by atoms with van der Waals surface area (Å²) < 4.78 is 5.57. The first-order valence-corrected chi connectivity index (χ1v) is 9.29. The van der Waals surface area contributed by atoms with Crippen LogP contribution in [-0.4, -0.2) is 14.9 Å². The third-order valence-electron chi connectivity index (χ3n) is 5.10. The van der Waals surface area contributed by atoms with E-state index in [2.05, 4.69) is 15.3 Å². The minimum absolute atomic E-state index is 0.0864. The molecule has 30 heavy (non-hydrogen) atoms. The van der Waals surface area contributed by atoms with Crippen LogP contribution in [0.1, 0.15) is 22.6 Å². The van der Waals surface area contributed by atoms with Crippen molar-refractivity contribution in [2.24, 2.45) is 0 Å². The fourth-order valence-electron chi connectivity index (χ4n) is 3.91. The summed E-state index contributed by atoms with van der Waals surface area (Å²) in [5, 5.41) is 15.4. The molecule has 0 bridgehead atoms. The molecule has 9 nitrogen and oxygen atoms in total. The van der Waals surface area contributed by atoms with Gasteiger partial charge >= 0.3 is 5.63 Å². The van der Waals surface area contributed by atoms with Gasteiger partial charge in [-0.3, -0.25) is 19.9 Å². The molecule has 0 fully saturated rings. The van der Waals surface area contributed by atoms with Crippen LogP contribution in [0.5, 0.6) is 0 Å². The first-order valence-electron chi connectivity index (χ1n) is 8.88. The van der Waals surface area contributed by atoms with Crippen LogP contribution in [0.15, 0.2) is 62.5 Å². The number of nitro benzene ring substituents is 1. The number of aromatic nitrogens is 2. The number of aromatic amines is 2. The van der Waals surface area contributed by atoms with E-state index in [-0.39, 0.29) is 33.0 Å². The van der Waals surface area contributed by atoms with E-state index in [1.807, 2.05) is 0 Å². The molecule has 2 aromatic carbocycles. The molecule has 1 aliphatic rings. The quantitative estimate of drug-likeness (QED) is 0.172. The Kier molecular flexibility index (Phi) is 3.90. The summed E-state index contributed by atoms with van der Waals surface area (Å²) in [5.74, 6) is -0.760. The molecule has 5 rings (SSSR count). The lowest BCUT2D eigenvalue weighted by Crippen LogP contribution is -2.30. The first-order chi connectivity index (χ1) is 14.5. The topological polar surface area (TPSA) is 134 Å². The summed E-state index contributed by atoms with van der Waals surface area (Å²) in [6.45, 7) is 0. The largest absolute Gasteiger partial charge is 0.422 e. The summed E-state index contributed by atoms with van der Waals surface area (Å²) in [7, 11) is 0. The van der Waals surface area contributed by atoms with Gasteiger partial charge < -0.3 is 14.7 Å². The summed E-state index contributed by atoms with van der Waals surface area (Å²) in [6, 6.07) is 12.9. The standard InChI is InChI=1S/C20H12N4O5S/c25-18-15-13(9-5-1-3-7-11(9)24(27)28)14-16(21-17(15)22-20(30)23-18)10-6-2-4-8-12(10)29-19(14)26/h1-8,13H,(H3,21,22,23,25,30). The minimum Gasteiger partial charge on any atom is -0.422 e. The molecule has 1 atom stereocenters. The van der Waals surface area contributed by atoms with Crippen molar-refractivity contribution in [2.75, 3.05) is 5.32 Å². The number of nitro groups is 1. The summed E-state index contributed by atoms with van der Waals surface area (Å²) in [6.07, 6.45) is 0. The van der Waals surface area contributed by atoms with Crippen LogP contribution >= 0.6 is 12.2 Å². The SMILES string of the molecule is O=c1[nH]c(=S)[nH]c2c1C(c1ccccc1[N+](=O)[O-])c1c(c3ccccc3oc1=O)N2. The smallest absolute Gasteiger partial charge is 0.342 e. The monoisotopic (exact) mass is 420 g/mol. The van der Waals surface area contributed by atoms with E-state index in [1.54, 1.807) is 30.3 Å². The number of hydrogen-bond acceptors (Lipinski definition) is 7. The maximum absolute atomic E-state index is 13.0. The predicted molar refractivity (Wildman–Crippen MR) is 112 cm³/mol. The van der Waals surface area contributed by atoms with Crippen LogP contribution in [-0.2, 0) is 0 Å². The number of nitrogens with zero attached hydrogens (tertiary/aromatic N) is 1. The van der Waals surface area contributed by atoms with Crippen molar-refractivity contribution in [1.82, 2.24) is 9.97 Å². The number of benzene rings is 2. The molecule has 4 aromatic rings. The van der Waals surface area contributed by atoms with Gasteiger partial charge in [0.2, 0.25) is 0 Å². The molecule has 0 saturated carbocycles. The van der Waals surface area contributed by atoms with Gasteiger partial charge in [0, 0.05) is 17.0 Å². The molecule has 3 N–H and O–H groups in total. The Balaban J connectivity index is 1.96. The highest BCUT2D eigenvalue weighted by molar-refractivity contribution is 7.71. The molecule has 1 aliphatic heterocycles. The second-order valence-corrected chi connectivity index (χ2v) is 7.15. The maximum atomic E-state index is 13.0. The van der Waals surface area contributed by atoms with Crippen molar-refractivity contribution in [3.63, 3.8) is 0 Å². The lowest BCUT2D eigenvalue weighted by Gasteiger charge is -2.27. The average molecular weight is 420 g/mol. The highest BCUT2D eigenvalue weighted by Gasteiger charge is 2.37. The van der Waals surface area contributed by atoms with Crippen LogP contribution in [0.4, 0.5) is 17.2 Å². The molecule has 0 aliphatic carbocycles. The molecule has 0 saturated heterocycles. The predicted octanol–water partition coefficient (Wildman–Crippen LogP) is 3.68. The van der Waals surface area contributed by atoms with E-state index in [4.69, 9.17) is 16.6 Å². The van der Waals surface area contributed by atoms with E-state index in [9.17, 15) is 19.7 Å². The van der Waals surface area contributed by atoms with E-state index in [0.29, 0.717) is 16.7 Å². The summed E-state index contributed by atoms with van der Waals surface area (Å²) in [5.41, 5.74) is -0.259. The van der Waals surface area contributed by atoms with Crippen molar-refractivity contribution >= 4 is 40.4 Å². The van der Waals surface area contributed by atoms with Gasteiger partial charge in [0.05, 0.1) is 27.7 Å². The van der Waals surface area contributed by atoms with Gasteiger partial charge in [0.15, 0.2) is 4.77 Å². The van der Waals surface area contributed by atoms with Crippen molar-refractivity contribution in [2.45, 2.75) is 5.92 Å². The highest BCUT2D eigenvalue weighted by Crippen LogP contribution is 2.45. The normalized spacial score (nSPS) is 14.6. The van der Waals surface area contributed by atoms with Crippen molar-refractivity contribution in [3.05, 3.63) is 101 Å². The van der Waals surface area contributed by atoms with Gasteiger partial charge in [-0.1, -0.05) is 30.3 Å². The first kappa shape index (κ1) is 18.0. The average Bonchev–Trinajstić information content (AvgIpc) is 2.72. The van der Waals surface area contributed by atoms with Gasteiger partial charge in [-0.2, -0.15) is 0 Å². The highest BCUT2D eigenvalue weighted by atomic mass is 32.1. The van der Waals surface area contributed by atoms with Crippen molar-refractivity contribution in [3.8, 4) is 0 Å². The second kappa shape index (κ2) is 6.49. The molecular formula is C20H12N4O5S. The van der Waals surface area contributed by atoms with E-state index < -0.39 is 22.0 Å². The summed E-state index contributed by atoms with van der Waals surface area (Å²) in [4.78, 5) is 42.4. The van der Waals surface area contributed by atoms with Gasteiger partial charge in [0.25, 0.3) is 11.2 Å². The van der Waals surface area contributed by atoms with Crippen LogP contribution in [0.25, 0.3) is 11.0 Å².